The minimum atomic E-state index is -0.611. The molecule has 3 aliphatic heterocycles. The normalized spacial score (nSPS) is 24.2. The predicted octanol–water partition coefficient (Wildman–Crippen LogP) is 3.52. The number of carbonyl (C=O) groups is 2. The van der Waals surface area contributed by atoms with Crippen molar-refractivity contribution < 1.29 is 23.8 Å². The number of amides is 2. The van der Waals surface area contributed by atoms with E-state index in [-0.39, 0.29) is 30.4 Å². The first-order chi connectivity index (χ1) is 15.3. The summed E-state index contributed by atoms with van der Waals surface area (Å²) in [5, 5.41) is 0.436. The molecule has 0 radical (unpaired) electrons. The number of ether oxygens (including phenoxy) is 3. The summed E-state index contributed by atoms with van der Waals surface area (Å²) in [5.41, 5.74) is 3.93. The molecule has 32 heavy (non-hydrogen) atoms. The third-order valence-electron chi connectivity index (χ3n) is 6.63. The van der Waals surface area contributed by atoms with Gasteiger partial charge in [-0.1, -0.05) is 17.7 Å². The maximum Gasteiger partial charge on any atom is 0.258 e. The maximum absolute atomic E-state index is 13.6. The molecular formula is C24H29ClN2O5. The van der Waals surface area contributed by atoms with Crippen LogP contribution in [0.25, 0.3) is 0 Å². The van der Waals surface area contributed by atoms with E-state index in [9.17, 15) is 9.59 Å². The lowest BCUT2D eigenvalue weighted by molar-refractivity contribution is -0.122. The average Bonchev–Trinajstić information content (AvgIpc) is 3.29. The highest BCUT2D eigenvalue weighted by Crippen LogP contribution is 2.40. The molecule has 1 saturated heterocycles. The van der Waals surface area contributed by atoms with Gasteiger partial charge >= 0.3 is 0 Å². The molecule has 1 aromatic rings. The number of halogens is 1. The van der Waals surface area contributed by atoms with Gasteiger partial charge in [0.05, 0.1) is 30.4 Å². The van der Waals surface area contributed by atoms with Crippen molar-refractivity contribution in [1.82, 2.24) is 4.90 Å². The van der Waals surface area contributed by atoms with Crippen molar-refractivity contribution in [3.05, 3.63) is 45.2 Å². The Morgan fingerprint density at radius 1 is 1.31 bits per heavy atom. The van der Waals surface area contributed by atoms with E-state index in [4.69, 9.17) is 25.8 Å². The van der Waals surface area contributed by atoms with Gasteiger partial charge in [0.1, 0.15) is 11.7 Å². The standard InChI is InChI=1S/C24H29ClN2O5/c1-13-9-17(22(31-4)15-6-8-32-12-15)21(25)20-16(13)5-7-27(24(20)29)11-18-19(30-3)10-14(2)26-23(18)28/h9-10,15,18,22H,5-8,11-12H2,1-4H3/t15-,18?,22-/m0/s1. The summed E-state index contributed by atoms with van der Waals surface area (Å²) in [6.45, 7) is 5.79. The first-order valence-corrected chi connectivity index (χ1v) is 11.3. The highest BCUT2D eigenvalue weighted by atomic mass is 35.5. The van der Waals surface area contributed by atoms with E-state index in [0.717, 1.165) is 23.1 Å². The lowest BCUT2D eigenvalue weighted by atomic mass is 9.87. The van der Waals surface area contributed by atoms with Crippen molar-refractivity contribution in [2.75, 3.05) is 40.5 Å². The Morgan fingerprint density at radius 3 is 2.75 bits per heavy atom. The fourth-order valence-corrected chi connectivity index (χ4v) is 5.31. The van der Waals surface area contributed by atoms with Gasteiger partial charge in [-0.15, -0.1) is 0 Å². The zero-order valence-electron chi connectivity index (χ0n) is 18.9. The number of nitrogens with zero attached hydrogens (tertiary/aromatic N) is 2. The van der Waals surface area contributed by atoms with Crippen molar-refractivity contribution in [1.29, 1.82) is 0 Å². The number of hydrogen-bond donors (Lipinski definition) is 0. The van der Waals surface area contributed by atoms with Crippen molar-refractivity contribution >= 4 is 29.1 Å². The Bertz CT molecular complexity index is 997. The second-order valence-corrected chi connectivity index (χ2v) is 9.00. The van der Waals surface area contributed by atoms with Gasteiger partial charge in [-0.25, -0.2) is 4.99 Å². The fourth-order valence-electron chi connectivity index (χ4n) is 4.96. The number of aliphatic imine (C=N–C) groups is 1. The van der Waals surface area contributed by atoms with E-state index in [1.54, 1.807) is 25.0 Å². The summed E-state index contributed by atoms with van der Waals surface area (Å²) >= 11 is 6.86. The average molecular weight is 461 g/mol. The van der Waals surface area contributed by atoms with Gasteiger partial charge in [0.15, 0.2) is 0 Å². The van der Waals surface area contributed by atoms with Crippen LogP contribution in [-0.4, -0.2) is 62.9 Å². The topological polar surface area (TPSA) is 77.4 Å². The van der Waals surface area contributed by atoms with Crippen LogP contribution in [0.3, 0.4) is 0 Å². The van der Waals surface area contributed by atoms with E-state index in [1.807, 2.05) is 13.0 Å². The number of hydrogen-bond acceptors (Lipinski definition) is 5. The Labute approximate surface area is 193 Å². The van der Waals surface area contributed by atoms with Crippen molar-refractivity contribution in [2.45, 2.75) is 32.8 Å². The number of fused-ring (bicyclic) bond motifs is 1. The Kier molecular flexibility index (Phi) is 6.70. The number of rotatable bonds is 6. The summed E-state index contributed by atoms with van der Waals surface area (Å²) in [6.07, 6.45) is 3.07. The van der Waals surface area contributed by atoms with Crippen LogP contribution >= 0.6 is 11.6 Å². The summed E-state index contributed by atoms with van der Waals surface area (Å²) in [4.78, 5) is 31.9. The monoisotopic (exact) mass is 460 g/mol. The molecule has 1 aromatic carbocycles. The SMILES string of the molecule is COC1=CC(C)=NC(=O)C1CN1CCc2c(C)cc([C@@H](OC)[C@H]3CCOC3)c(Cl)c2C1=O. The van der Waals surface area contributed by atoms with E-state index in [1.165, 1.54) is 7.11 Å². The molecule has 3 aliphatic rings. The van der Waals surface area contributed by atoms with Crippen molar-refractivity contribution in [3.63, 3.8) is 0 Å². The third-order valence-corrected chi connectivity index (χ3v) is 7.03. The minimum Gasteiger partial charge on any atom is -0.500 e. The number of aryl methyl sites for hydroxylation is 1. The molecule has 0 bridgehead atoms. The first kappa shape index (κ1) is 23.0. The molecule has 0 aliphatic carbocycles. The molecule has 0 spiro atoms. The lowest BCUT2D eigenvalue weighted by Gasteiger charge is -2.34. The highest BCUT2D eigenvalue weighted by Gasteiger charge is 2.37. The Balaban J connectivity index is 1.65. The van der Waals surface area contributed by atoms with Crippen molar-refractivity contribution in [3.8, 4) is 0 Å². The van der Waals surface area contributed by atoms with Crippen LogP contribution in [-0.2, 0) is 25.4 Å². The first-order valence-electron chi connectivity index (χ1n) is 10.9. The summed E-state index contributed by atoms with van der Waals surface area (Å²) in [7, 11) is 3.19. The molecule has 0 aromatic heterocycles. The van der Waals surface area contributed by atoms with Gasteiger partial charge in [0.25, 0.3) is 11.8 Å². The van der Waals surface area contributed by atoms with Gasteiger partial charge in [-0.05, 0) is 43.9 Å². The molecule has 0 N–H and O–H groups in total. The van der Waals surface area contributed by atoms with Crippen LogP contribution < -0.4 is 0 Å². The number of benzene rings is 1. The number of dihydropyridines is 1. The molecule has 1 fully saturated rings. The van der Waals surface area contributed by atoms with Crippen LogP contribution in [0.1, 0.15) is 46.5 Å². The second-order valence-electron chi connectivity index (χ2n) is 8.63. The summed E-state index contributed by atoms with van der Waals surface area (Å²) < 4.78 is 16.8. The van der Waals surface area contributed by atoms with E-state index < -0.39 is 5.92 Å². The number of allylic oxidation sites excluding steroid dienone is 1. The number of methoxy groups -OCH3 is 2. The molecule has 0 saturated carbocycles. The molecule has 2 amide bonds. The molecule has 8 heteroatoms. The van der Waals surface area contributed by atoms with Crippen LogP contribution in [0.4, 0.5) is 0 Å². The van der Waals surface area contributed by atoms with Gasteiger partial charge in [-0.2, -0.15) is 0 Å². The van der Waals surface area contributed by atoms with E-state index >= 15 is 0 Å². The van der Waals surface area contributed by atoms with Gasteiger partial charge in [0, 0.05) is 44.0 Å². The molecule has 1 unspecified atom stereocenters. The van der Waals surface area contributed by atoms with E-state index in [2.05, 4.69) is 4.99 Å². The van der Waals surface area contributed by atoms with Crippen LogP contribution in [0, 0.1) is 18.8 Å². The molecule has 172 valence electrons. The zero-order valence-corrected chi connectivity index (χ0v) is 19.7. The second kappa shape index (κ2) is 9.33. The molecule has 7 nitrogen and oxygen atoms in total. The van der Waals surface area contributed by atoms with Gasteiger partial charge in [-0.3, -0.25) is 9.59 Å². The minimum absolute atomic E-state index is 0.173. The zero-order chi connectivity index (χ0) is 23.0. The largest absolute Gasteiger partial charge is 0.500 e. The maximum atomic E-state index is 13.6. The summed E-state index contributed by atoms with van der Waals surface area (Å²) in [5.74, 6) is -0.358. The highest BCUT2D eigenvalue weighted by molar-refractivity contribution is 6.35. The van der Waals surface area contributed by atoms with Crippen LogP contribution in [0.5, 0.6) is 0 Å². The Morgan fingerprint density at radius 2 is 2.09 bits per heavy atom. The molecule has 4 rings (SSSR count). The van der Waals surface area contributed by atoms with Crippen LogP contribution in [0.15, 0.2) is 22.9 Å². The Hall–Kier alpha value is -2.22. The lowest BCUT2D eigenvalue weighted by Crippen LogP contribution is -2.43. The third kappa shape index (κ3) is 4.09. The van der Waals surface area contributed by atoms with E-state index in [0.29, 0.717) is 48.2 Å². The number of carbonyl (C=O) groups excluding carboxylic acids is 2. The van der Waals surface area contributed by atoms with Crippen LogP contribution in [0.2, 0.25) is 5.02 Å². The smallest absolute Gasteiger partial charge is 0.258 e. The van der Waals surface area contributed by atoms with Gasteiger partial charge < -0.3 is 19.1 Å². The quantitative estimate of drug-likeness (QED) is 0.649. The molecule has 3 atom stereocenters. The predicted molar refractivity (Wildman–Crippen MR) is 121 cm³/mol. The summed E-state index contributed by atoms with van der Waals surface area (Å²) in [6, 6.07) is 2.05. The van der Waals surface area contributed by atoms with Gasteiger partial charge in [0.2, 0.25) is 0 Å². The molecule has 3 heterocycles. The molecular weight excluding hydrogens is 432 g/mol. The van der Waals surface area contributed by atoms with Crippen molar-refractivity contribution in [2.24, 2.45) is 16.8 Å². The fraction of sp³-hybridized carbons (Fsp3) is 0.542.